The third-order valence-electron chi connectivity index (χ3n) is 3.85. The summed E-state index contributed by atoms with van der Waals surface area (Å²) in [6, 6.07) is 18.2. The molecule has 0 bridgehead atoms. The van der Waals surface area contributed by atoms with Gasteiger partial charge in [-0.25, -0.2) is 0 Å². The van der Waals surface area contributed by atoms with Crippen molar-refractivity contribution in [2.45, 2.75) is 13.0 Å². The first-order chi connectivity index (χ1) is 10.8. The largest absolute Gasteiger partial charge is 0.497 e. The Hall–Kier alpha value is -2.55. The van der Waals surface area contributed by atoms with E-state index < -0.39 is 0 Å². The van der Waals surface area contributed by atoms with Crippen LogP contribution in [0.15, 0.2) is 60.7 Å². The highest BCUT2D eigenvalue weighted by Gasteiger charge is 2.20. The third kappa shape index (κ3) is 3.19. The first kappa shape index (κ1) is 14.4. The monoisotopic (exact) mass is 293 g/mol. The number of ether oxygens (including phenoxy) is 1. The smallest absolute Gasteiger partial charge is 0.159 e. The Labute approximate surface area is 130 Å². The summed E-state index contributed by atoms with van der Waals surface area (Å²) in [4.78, 5) is 14.1. The van der Waals surface area contributed by atoms with E-state index in [0.29, 0.717) is 6.42 Å². The fourth-order valence-corrected chi connectivity index (χ4v) is 2.70. The second kappa shape index (κ2) is 6.48. The van der Waals surface area contributed by atoms with Crippen LogP contribution in [0.3, 0.4) is 0 Å². The molecule has 1 aliphatic heterocycles. The summed E-state index contributed by atoms with van der Waals surface area (Å²) in [7, 11) is 1.65. The molecule has 112 valence electrons. The molecule has 0 N–H and O–H groups in total. The van der Waals surface area contributed by atoms with E-state index in [1.54, 1.807) is 13.2 Å². The fraction of sp³-hybridized carbons (Fsp3) is 0.211. The summed E-state index contributed by atoms with van der Waals surface area (Å²) in [6.07, 6.45) is 2.32. The van der Waals surface area contributed by atoms with Gasteiger partial charge in [0.05, 0.1) is 7.11 Å². The molecule has 3 nitrogen and oxygen atoms in total. The van der Waals surface area contributed by atoms with Crippen molar-refractivity contribution in [2.24, 2.45) is 0 Å². The van der Waals surface area contributed by atoms with Crippen LogP contribution < -0.4 is 4.74 Å². The second-order valence-electron chi connectivity index (χ2n) is 5.39. The van der Waals surface area contributed by atoms with Crippen LogP contribution in [0.2, 0.25) is 0 Å². The van der Waals surface area contributed by atoms with Gasteiger partial charge in [0.15, 0.2) is 5.78 Å². The SMILES string of the molecule is COc1cccc(C2=CC(=O)CCN2Cc2ccccc2)c1. The van der Waals surface area contributed by atoms with Crippen molar-refractivity contribution in [1.82, 2.24) is 4.90 Å². The lowest BCUT2D eigenvalue weighted by atomic mass is 10.0. The Balaban J connectivity index is 1.91. The number of hydrogen-bond acceptors (Lipinski definition) is 3. The average molecular weight is 293 g/mol. The average Bonchev–Trinajstić information content (AvgIpc) is 2.57. The minimum atomic E-state index is 0.183. The van der Waals surface area contributed by atoms with Crippen LogP contribution in [0, 0.1) is 0 Å². The van der Waals surface area contributed by atoms with Crippen LogP contribution in [-0.2, 0) is 11.3 Å². The molecule has 0 unspecified atom stereocenters. The van der Waals surface area contributed by atoms with E-state index >= 15 is 0 Å². The molecule has 0 saturated heterocycles. The summed E-state index contributed by atoms with van der Waals surface area (Å²) in [6.45, 7) is 1.55. The highest BCUT2D eigenvalue weighted by molar-refractivity contribution is 5.98. The molecule has 3 rings (SSSR count). The molecule has 0 amide bonds. The van der Waals surface area contributed by atoms with Gasteiger partial charge in [-0.15, -0.1) is 0 Å². The lowest BCUT2D eigenvalue weighted by Gasteiger charge is -2.30. The molecule has 0 spiro atoms. The van der Waals surface area contributed by atoms with E-state index in [-0.39, 0.29) is 5.78 Å². The maximum atomic E-state index is 11.9. The van der Waals surface area contributed by atoms with Crippen molar-refractivity contribution in [2.75, 3.05) is 13.7 Å². The quantitative estimate of drug-likeness (QED) is 0.864. The molecule has 2 aromatic carbocycles. The normalized spacial score (nSPS) is 14.7. The number of benzene rings is 2. The topological polar surface area (TPSA) is 29.5 Å². The van der Waals surface area contributed by atoms with E-state index in [9.17, 15) is 4.79 Å². The van der Waals surface area contributed by atoms with Gasteiger partial charge in [0.2, 0.25) is 0 Å². The van der Waals surface area contributed by atoms with Crippen molar-refractivity contribution in [3.05, 3.63) is 71.8 Å². The Bertz CT molecular complexity index is 692. The molecular formula is C19H19NO2. The zero-order valence-electron chi connectivity index (χ0n) is 12.7. The van der Waals surface area contributed by atoms with Gasteiger partial charge >= 0.3 is 0 Å². The van der Waals surface area contributed by atoms with Gasteiger partial charge in [0, 0.05) is 36.8 Å². The maximum absolute atomic E-state index is 11.9. The van der Waals surface area contributed by atoms with Gasteiger partial charge in [0.1, 0.15) is 5.75 Å². The van der Waals surface area contributed by atoms with Gasteiger partial charge in [0.25, 0.3) is 0 Å². The van der Waals surface area contributed by atoms with Crippen LogP contribution in [-0.4, -0.2) is 24.3 Å². The number of ketones is 1. The summed E-state index contributed by atoms with van der Waals surface area (Å²) in [5.41, 5.74) is 3.23. The van der Waals surface area contributed by atoms with E-state index in [1.165, 1.54) is 5.56 Å². The standard InChI is InChI=1S/C19H19NO2/c1-22-18-9-5-8-16(12-18)19-13-17(21)10-11-20(19)14-15-6-3-2-4-7-15/h2-9,12-13H,10-11,14H2,1H3. The summed E-state index contributed by atoms with van der Waals surface area (Å²) in [5.74, 6) is 0.984. The second-order valence-corrected chi connectivity index (χ2v) is 5.39. The Morgan fingerprint density at radius 1 is 1.09 bits per heavy atom. The molecule has 0 aromatic heterocycles. The predicted octanol–water partition coefficient (Wildman–Crippen LogP) is 3.51. The van der Waals surface area contributed by atoms with Crippen LogP contribution in [0.5, 0.6) is 5.75 Å². The van der Waals surface area contributed by atoms with Crippen LogP contribution in [0.4, 0.5) is 0 Å². The maximum Gasteiger partial charge on any atom is 0.159 e. The minimum Gasteiger partial charge on any atom is -0.497 e. The Morgan fingerprint density at radius 2 is 1.91 bits per heavy atom. The van der Waals surface area contributed by atoms with E-state index in [0.717, 1.165) is 30.1 Å². The number of allylic oxidation sites excluding steroid dienone is 1. The number of methoxy groups -OCH3 is 1. The summed E-state index contributed by atoms with van der Waals surface area (Å²) < 4.78 is 5.30. The lowest BCUT2D eigenvalue weighted by Crippen LogP contribution is -2.28. The number of carbonyl (C=O) groups excluding carboxylic acids is 1. The van der Waals surface area contributed by atoms with Gasteiger partial charge in [-0.05, 0) is 17.7 Å². The van der Waals surface area contributed by atoms with Crippen molar-refractivity contribution in [3.8, 4) is 5.75 Å². The minimum absolute atomic E-state index is 0.183. The Morgan fingerprint density at radius 3 is 2.68 bits per heavy atom. The van der Waals surface area contributed by atoms with Crippen molar-refractivity contribution < 1.29 is 9.53 Å². The predicted molar refractivity (Wildman–Crippen MR) is 87.4 cm³/mol. The van der Waals surface area contributed by atoms with Crippen LogP contribution in [0.25, 0.3) is 5.70 Å². The Kier molecular flexibility index (Phi) is 4.24. The number of hydrogen-bond donors (Lipinski definition) is 0. The zero-order chi connectivity index (χ0) is 15.4. The zero-order valence-corrected chi connectivity index (χ0v) is 12.7. The van der Waals surface area contributed by atoms with E-state index in [2.05, 4.69) is 17.0 Å². The van der Waals surface area contributed by atoms with E-state index in [4.69, 9.17) is 4.74 Å². The van der Waals surface area contributed by atoms with Gasteiger partial charge < -0.3 is 9.64 Å². The molecule has 2 aromatic rings. The van der Waals surface area contributed by atoms with Crippen molar-refractivity contribution in [1.29, 1.82) is 0 Å². The molecule has 1 heterocycles. The number of rotatable bonds is 4. The molecule has 0 radical (unpaired) electrons. The molecule has 1 aliphatic rings. The molecule has 3 heteroatoms. The van der Waals surface area contributed by atoms with Gasteiger partial charge in [-0.2, -0.15) is 0 Å². The van der Waals surface area contributed by atoms with Crippen LogP contribution >= 0.6 is 0 Å². The van der Waals surface area contributed by atoms with Gasteiger partial charge in [-0.3, -0.25) is 4.79 Å². The first-order valence-electron chi connectivity index (χ1n) is 7.44. The molecule has 0 atom stereocenters. The summed E-state index contributed by atoms with van der Waals surface area (Å²) in [5, 5.41) is 0. The van der Waals surface area contributed by atoms with Gasteiger partial charge in [-0.1, -0.05) is 42.5 Å². The highest BCUT2D eigenvalue weighted by atomic mass is 16.5. The molecular weight excluding hydrogens is 274 g/mol. The van der Waals surface area contributed by atoms with E-state index in [1.807, 2.05) is 42.5 Å². The van der Waals surface area contributed by atoms with Crippen molar-refractivity contribution in [3.63, 3.8) is 0 Å². The summed E-state index contributed by atoms with van der Waals surface area (Å²) >= 11 is 0. The lowest BCUT2D eigenvalue weighted by molar-refractivity contribution is -0.115. The molecule has 22 heavy (non-hydrogen) atoms. The molecule has 0 fully saturated rings. The first-order valence-corrected chi connectivity index (χ1v) is 7.44. The number of nitrogens with zero attached hydrogens (tertiary/aromatic N) is 1. The van der Waals surface area contributed by atoms with Crippen molar-refractivity contribution >= 4 is 11.5 Å². The fourth-order valence-electron chi connectivity index (χ4n) is 2.70. The molecule has 0 saturated carbocycles. The van der Waals surface area contributed by atoms with Crippen LogP contribution in [0.1, 0.15) is 17.5 Å². The number of carbonyl (C=O) groups is 1. The third-order valence-corrected chi connectivity index (χ3v) is 3.85. The highest BCUT2D eigenvalue weighted by Crippen LogP contribution is 2.27. The molecule has 0 aliphatic carbocycles.